The number of benzene rings is 1. The van der Waals surface area contributed by atoms with Gasteiger partial charge in [0.15, 0.2) is 0 Å². The number of ether oxygens (including phenoxy) is 1. The molecule has 1 amide bonds. The summed E-state index contributed by atoms with van der Waals surface area (Å²) >= 11 is 6.28. The number of hydrogen-bond acceptors (Lipinski definition) is 4. The average molecular weight is 425 g/mol. The summed E-state index contributed by atoms with van der Waals surface area (Å²) in [6.07, 6.45) is 8.98. The molecule has 0 saturated heterocycles. The van der Waals surface area contributed by atoms with Crippen molar-refractivity contribution in [2.24, 2.45) is 11.3 Å². The highest BCUT2D eigenvalue weighted by molar-refractivity contribution is 6.33. The summed E-state index contributed by atoms with van der Waals surface area (Å²) < 4.78 is 5.72. The van der Waals surface area contributed by atoms with Crippen molar-refractivity contribution in [1.82, 2.24) is 10.6 Å². The zero-order valence-electron chi connectivity index (χ0n) is 16.8. The van der Waals surface area contributed by atoms with E-state index in [1.54, 1.807) is 18.2 Å². The first-order valence-corrected chi connectivity index (χ1v) is 10.9. The molecule has 1 unspecified atom stereocenters. The van der Waals surface area contributed by atoms with Gasteiger partial charge in [-0.1, -0.05) is 44.7 Å². The summed E-state index contributed by atoms with van der Waals surface area (Å²) in [6.45, 7) is 3.82. The number of rotatable bonds is 9. The second kappa shape index (κ2) is 11.2. The normalized spacial score (nSPS) is 24.3. The molecule has 0 heterocycles. The highest BCUT2D eigenvalue weighted by atomic mass is 35.5. The highest BCUT2D eigenvalue weighted by Crippen LogP contribution is 2.48. The molecule has 2 fully saturated rings. The Morgan fingerprint density at radius 3 is 2.76 bits per heavy atom. The van der Waals surface area contributed by atoms with Crippen molar-refractivity contribution >= 4 is 17.5 Å². The molecule has 2 bridgehead atoms. The Morgan fingerprint density at radius 1 is 1.34 bits per heavy atom. The van der Waals surface area contributed by atoms with Gasteiger partial charge in [0.1, 0.15) is 12.4 Å². The van der Waals surface area contributed by atoms with E-state index in [0.717, 1.165) is 12.5 Å². The number of aliphatic hydroxyl groups excluding tert-OH is 1. The lowest BCUT2D eigenvalue weighted by molar-refractivity contribution is 0.0681. The van der Waals surface area contributed by atoms with Crippen LogP contribution in [0, 0.1) is 11.3 Å². The van der Waals surface area contributed by atoms with E-state index >= 15 is 0 Å². The summed E-state index contributed by atoms with van der Waals surface area (Å²) in [6, 6.07) is 5.24. The van der Waals surface area contributed by atoms with Crippen molar-refractivity contribution in [2.75, 3.05) is 26.3 Å². The smallest absolute Gasteiger partial charge is 0.252 e. The standard InChI is InChI=1S/C22H33ClN2O3.CH4/c1-16(14-26)24-10-11-28-18-6-7-20(23)19(12-18)21(27)25-15-22-8-2-4-17(13-22)5-3-9-22;/h6-7,12,16-17,24,26H,2-5,8-11,13-15H2,1H3,(H,25,27);1H4. The largest absolute Gasteiger partial charge is 0.492 e. The molecule has 0 radical (unpaired) electrons. The summed E-state index contributed by atoms with van der Waals surface area (Å²) in [5.41, 5.74) is 0.752. The Morgan fingerprint density at radius 2 is 2.07 bits per heavy atom. The van der Waals surface area contributed by atoms with Crippen LogP contribution in [0.3, 0.4) is 0 Å². The van der Waals surface area contributed by atoms with Crippen molar-refractivity contribution in [3.05, 3.63) is 28.8 Å². The van der Waals surface area contributed by atoms with Crippen LogP contribution >= 0.6 is 11.6 Å². The van der Waals surface area contributed by atoms with Gasteiger partial charge in [0.2, 0.25) is 0 Å². The molecule has 3 rings (SSSR count). The van der Waals surface area contributed by atoms with Gasteiger partial charge in [-0.05, 0) is 55.7 Å². The van der Waals surface area contributed by atoms with E-state index in [4.69, 9.17) is 21.4 Å². The summed E-state index contributed by atoms with van der Waals surface area (Å²) in [7, 11) is 0. The van der Waals surface area contributed by atoms with Crippen molar-refractivity contribution in [3.8, 4) is 5.75 Å². The van der Waals surface area contributed by atoms with E-state index in [0.29, 0.717) is 29.5 Å². The predicted molar refractivity (Wildman–Crippen MR) is 119 cm³/mol. The average Bonchev–Trinajstić information content (AvgIpc) is 2.70. The van der Waals surface area contributed by atoms with E-state index < -0.39 is 0 Å². The number of halogens is 1. The molecule has 2 saturated carbocycles. The molecule has 1 aromatic carbocycles. The minimum absolute atomic E-state index is 0. The number of fused-ring (bicyclic) bond motifs is 2. The van der Waals surface area contributed by atoms with Gasteiger partial charge in [0.25, 0.3) is 5.91 Å². The van der Waals surface area contributed by atoms with Crippen molar-refractivity contribution in [1.29, 1.82) is 0 Å². The topological polar surface area (TPSA) is 70.6 Å². The summed E-state index contributed by atoms with van der Waals surface area (Å²) in [5.74, 6) is 1.35. The van der Waals surface area contributed by atoms with Crippen LogP contribution in [0.15, 0.2) is 18.2 Å². The van der Waals surface area contributed by atoms with Crippen LogP contribution in [0.5, 0.6) is 5.75 Å². The van der Waals surface area contributed by atoms with Gasteiger partial charge in [0, 0.05) is 19.1 Å². The number of nitrogens with one attached hydrogen (secondary N) is 2. The molecule has 2 aliphatic rings. The van der Waals surface area contributed by atoms with E-state index in [-0.39, 0.29) is 31.4 Å². The number of carbonyl (C=O) groups excluding carboxylic acids is 1. The number of carbonyl (C=O) groups is 1. The SMILES string of the molecule is C.CC(CO)NCCOc1ccc(Cl)c(C(=O)NCC23CCCC(CCC2)C3)c1. The van der Waals surface area contributed by atoms with E-state index in [1.807, 2.05) is 6.92 Å². The lowest BCUT2D eigenvalue weighted by atomic mass is 9.62. The Labute approximate surface area is 180 Å². The fourth-order valence-electron chi connectivity index (χ4n) is 4.74. The maximum Gasteiger partial charge on any atom is 0.252 e. The quantitative estimate of drug-likeness (QED) is 0.513. The summed E-state index contributed by atoms with van der Waals surface area (Å²) in [4.78, 5) is 12.8. The zero-order chi connectivity index (χ0) is 20.0. The Kier molecular flexibility index (Phi) is 9.25. The molecule has 164 valence electrons. The van der Waals surface area contributed by atoms with E-state index in [1.165, 1.54) is 44.9 Å². The maximum absolute atomic E-state index is 12.8. The van der Waals surface area contributed by atoms with Crippen LogP contribution < -0.4 is 15.4 Å². The third-order valence-corrected chi connectivity index (χ3v) is 6.63. The van der Waals surface area contributed by atoms with Crippen LogP contribution in [0.25, 0.3) is 0 Å². The Balaban J connectivity index is 0.00000300. The van der Waals surface area contributed by atoms with Gasteiger partial charge in [-0.3, -0.25) is 4.79 Å². The first-order chi connectivity index (χ1) is 13.5. The van der Waals surface area contributed by atoms with Gasteiger partial charge >= 0.3 is 0 Å². The second-order valence-corrected chi connectivity index (χ2v) is 8.97. The molecule has 6 heteroatoms. The molecule has 0 aromatic heterocycles. The lowest BCUT2D eigenvalue weighted by Gasteiger charge is -2.45. The van der Waals surface area contributed by atoms with Crippen LogP contribution in [0.1, 0.15) is 69.7 Å². The predicted octanol–water partition coefficient (Wildman–Crippen LogP) is 4.42. The fraction of sp³-hybridized carbons (Fsp3) is 0.696. The zero-order valence-corrected chi connectivity index (χ0v) is 17.6. The number of amides is 1. The molecule has 29 heavy (non-hydrogen) atoms. The van der Waals surface area contributed by atoms with E-state index in [9.17, 15) is 4.79 Å². The highest BCUT2D eigenvalue weighted by Gasteiger charge is 2.39. The van der Waals surface area contributed by atoms with E-state index in [2.05, 4.69) is 10.6 Å². The minimum Gasteiger partial charge on any atom is -0.492 e. The second-order valence-electron chi connectivity index (χ2n) is 8.57. The molecule has 2 aliphatic carbocycles. The third kappa shape index (κ3) is 6.59. The van der Waals surface area contributed by atoms with Gasteiger partial charge in [-0.2, -0.15) is 0 Å². The first-order valence-electron chi connectivity index (χ1n) is 10.6. The van der Waals surface area contributed by atoms with Crippen molar-refractivity contribution in [2.45, 2.75) is 65.3 Å². The lowest BCUT2D eigenvalue weighted by Crippen LogP contribution is -2.43. The molecule has 3 N–H and O–H groups in total. The van der Waals surface area contributed by atoms with Gasteiger partial charge in [0.05, 0.1) is 17.2 Å². The Hall–Kier alpha value is -1.30. The van der Waals surface area contributed by atoms with Crippen LogP contribution in [0.4, 0.5) is 0 Å². The number of hydrogen-bond donors (Lipinski definition) is 3. The number of aliphatic hydroxyl groups is 1. The molecule has 0 spiro atoms. The molecular weight excluding hydrogens is 388 g/mol. The van der Waals surface area contributed by atoms with Gasteiger partial charge in [-0.15, -0.1) is 0 Å². The van der Waals surface area contributed by atoms with Gasteiger partial charge in [-0.25, -0.2) is 0 Å². The van der Waals surface area contributed by atoms with Crippen molar-refractivity contribution < 1.29 is 14.6 Å². The monoisotopic (exact) mass is 424 g/mol. The van der Waals surface area contributed by atoms with Crippen molar-refractivity contribution in [3.63, 3.8) is 0 Å². The molecule has 1 aromatic rings. The van der Waals surface area contributed by atoms with Gasteiger partial charge < -0.3 is 20.5 Å². The molecule has 5 nitrogen and oxygen atoms in total. The molecular formula is C23H37ClN2O3. The maximum atomic E-state index is 12.8. The minimum atomic E-state index is -0.121. The molecule has 0 aliphatic heterocycles. The fourth-order valence-corrected chi connectivity index (χ4v) is 4.94. The Bertz CT molecular complexity index is 658. The third-order valence-electron chi connectivity index (χ3n) is 6.30. The summed E-state index contributed by atoms with van der Waals surface area (Å²) in [5, 5.41) is 15.8. The van der Waals surface area contributed by atoms with Crippen LogP contribution in [0.2, 0.25) is 5.02 Å². The van der Waals surface area contributed by atoms with Crippen LogP contribution in [-0.2, 0) is 0 Å². The van der Waals surface area contributed by atoms with Crippen LogP contribution in [-0.4, -0.2) is 43.4 Å². The first kappa shape index (κ1) is 24.0. The molecule has 1 atom stereocenters.